The van der Waals surface area contributed by atoms with Crippen molar-refractivity contribution < 1.29 is 22.8 Å². The molecule has 3 aromatic rings. The lowest BCUT2D eigenvalue weighted by Gasteiger charge is -2.29. The molecule has 10 heteroatoms. The van der Waals surface area contributed by atoms with Gasteiger partial charge in [0.25, 0.3) is 5.69 Å². The van der Waals surface area contributed by atoms with E-state index in [2.05, 4.69) is 14.9 Å². The molecule has 2 aromatic carbocycles. The highest BCUT2D eigenvalue weighted by molar-refractivity contribution is 5.75. The Kier molecular flexibility index (Phi) is 6.43. The second-order valence-electron chi connectivity index (χ2n) is 7.73. The van der Waals surface area contributed by atoms with E-state index in [1.54, 1.807) is 12.1 Å². The van der Waals surface area contributed by atoms with Crippen LogP contribution in [-0.4, -0.2) is 28.0 Å². The first kappa shape index (κ1) is 22.5. The van der Waals surface area contributed by atoms with Gasteiger partial charge in [0.2, 0.25) is 5.88 Å². The minimum atomic E-state index is -4.45. The van der Waals surface area contributed by atoms with Crippen molar-refractivity contribution >= 4 is 11.4 Å². The van der Waals surface area contributed by atoms with Crippen LogP contribution < -0.4 is 9.64 Å². The molecule has 1 saturated heterocycles. The summed E-state index contributed by atoms with van der Waals surface area (Å²) >= 11 is 0. The van der Waals surface area contributed by atoms with Crippen LogP contribution in [0, 0.1) is 10.1 Å². The monoisotopic (exact) mass is 458 g/mol. The maximum Gasteiger partial charge on any atom is 0.416 e. The van der Waals surface area contributed by atoms with E-state index >= 15 is 0 Å². The van der Waals surface area contributed by atoms with Gasteiger partial charge in [-0.1, -0.05) is 12.1 Å². The van der Waals surface area contributed by atoms with E-state index in [0.29, 0.717) is 16.8 Å². The highest BCUT2D eigenvalue weighted by atomic mass is 19.4. The van der Waals surface area contributed by atoms with Crippen molar-refractivity contribution in [3.8, 4) is 17.1 Å². The lowest BCUT2D eigenvalue weighted by atomic mass is 10.1. The van der Waals surface area contributed by atoms with Gasteiger partial charge in [-0.3, -0.25) is 10.1 Å². The fourth-order valence-electron chi connectivity index (χ4n) is 3.80. The topological polar surface area (TPSA) is 81.4 Å². The van der Waals surface area contributed by atoms with Gasteiger partial charge in [-0.05, 0) is 49.1 Å². The molecule has 0 saturated carbocycles. The van der Waals surface area contributed by atoms with Crippen molar-refractivity contribution in [2.75, 3.05) is 18.0 Å². The van der Waals surface area contributed by atoms with E-state index in [9.17, 15) is 23.3 Å². The molecule has 0 bridgehead atoms. The number of rotatable bonds is 6. The average Bonchev–Trinajstić information content (AvgIpc) is 2.83. The number of halogens is 3. The van der Waals surface area contributed by atoms with Gasteiger partial charge >= 0.3 is 6.18 Å². The van der Waals surface area contributed by atoms with Crippen LogP contribution in [0.5, 0.6) is 5.88 Å². The number of hydrogen-bond donors (Lipinski definition) is 0. The molecule has 172 valence electrons. The first-order valence-corrected chi connectivity index (χ1v) is 10.5. The van der Waals surface area contributed by atoms with Gasteiger partial charge < -0.3 is 9.64 Å². The predicted octanol–water partition coefficient (Wildman–Crippen LogP) is 5.64. The van der Waals surface area contributed by atoms with Crippen LogP contribution in [0.25, 0.3) is 11.3 Å². The molecule has 1 aliphatic rings. The standard InChI is InChI=1S/C23H21F3N4O3/c24-23(25,26)17-6-4-5-16(11-17)14-33-22-13-20(27-15-28-22)19-12-18(7-8-21(19)30(31)32)29-9-2-1-3-10-29/h4-8,11-13,15H,1-3,9-10,14H2. The van der Waals surface area contributed by atoms with Crippen LogP contribution in [0.4, 0.5) is 24.5 Å². The van der Waals surface area contributed by atoms with Crippen LogP contribution in [0.15, 0.2) is 54.9 Å². The third-order valence-electron chi connectivity index (χ3n) is 5.46. The Bertz CT molecular complexity index is 1150. The molecule has 1 aliphatic heterocycles. The number of hydrogen-bond acceptors (Lipinski definition) is 6. The third-order valence-corrected chi connectivity index (χ3v) is 5.46. The summed E-state index contributed by atoms with van der Waals surface area (Å²) in [4.78, 5) is 21.5. The molecule has 0 spiro atoms. The quantitative estimate of drug-likeness (QED) is 0.351. The van der Waals surface area contributed by atoms with Crippen molar-refractivity contribution in [3.63, 3.8) is 0 Å². The molecule has 0 amide bonds. The summed E-state index contributed by atoms with van der Waals surface area (Å²) < 4.78 is 44.3. The van der Waals surface area contributed by atoms with Crippen LogP contribution in [0.2, 0.25) is 0 Å². The molecule has 4 rings (SSSR count). The number of nitro benzene ring substituents is 1. The van der Waals surface area contributed by atoms with Gasteiger partial charge in [0.1, 0.15) is 12.9 Å². The fraction of sp³-hybridized carbons (Fsp3) is 0.304. The number of nitro groups is 1. The van der Waals surface area contributed by atoms with Gasteiger partial charge in [0.05, 0.1) is 21.7 Å². The van der Waals surface area contributed by atoms with Crippen molar-refractivity contribution in [2.24, 2.45) is 0 Å². The minimum Gasteiger partial charge on any atom is -0.473 e. The Labute approximate surface area is 188 Å². The summed E-state index contributed by atoms with van der Waals surface area (Å²) in [6, 6.07) is 11.2. The number of ether oxygens (including phenoxy) is 1. The number of alkyl halides is 3. The Morgan fingerprint density at radius 2 is 1.82 bits per heavy atom. The smallest absolute Gasteiger partial charge is 0.416 e. The van der Waals surface area contributed by atoms with E-state index in [1.807, 2.05) is 0 Å². The Morgan fingerprint density at radius 1 is 1.03 bits per heavy atom. The first-order chi connectivity index (χ1) is 15.8. The second-order valence-corrected chi connectivity index (χ2v) is 7.73. The SMILES string of the molecule is O=[N+]([O-])c1ccc(N2CCCCC2)cc1-c1cc(OCc2cccc(C(F)(F)F)c2)ncn1. The number of piperidine rings is 1. The molecule has 2 heterocycles. The van der Waals surface area contributed by atoms with E-state index in [0.717, 1.165) is 50.2 Å². The molecule has 1 fully saturated rings. The molecular weight excluding hydrogens is 437 g/mol. The lowest BCUT2D eigenvalue weighted by Crippen LogP contribution is -2.29. The fourth-order valence-corrected chi connectivity index (χ4v) is 3.80. The van der Waals surface area contributed by atoms with Crippen LogP contribution in [-0.2, 0) is 12.8 Å². The zero-order valence-electron chi connectivity index (χ0n) is 17.6. The minimum absolute atomic E-state index is 0.0988. The molecule has 0 atom stereocenters. The van der Waals surface area contributed by atoms with Crippen LogP contribution >= 0.6 is 0 Å². The Hall–Kier alpha value is -3.69. The van der Waals surface area contributed by atoms with Gasteiger partial charge in [-0.25, -0.2) is 9.97 Å². The molecule has 33 heavy (non-hydrogen) atoms. The maximum atomic E-state index is 12.9. The Balaban J connectivity index is 1.59. The van der Waals surface area contributed by atoms with Crippen LogP contribution in [0.3, 0.4) is 0 Å². The third kappa shape index (κ3) is 5.39. The maximum absolute atomic E-state index is 12.9. The zero-order chi connectivity index (χ0) is 23.4. The van der Waals surface area contributed by atoms with E-state index < -0.39 is 16.7 Å². The van der Waals surface area contributed by atoms with E-state index in [-0.39, 0.29) is 18.2 Å². The number of benzene rings is 2. The summed E-state index contributed by atoms with van der Waals surface area (Å²) in [6.45, 7) is 1.62. The summed E-state index contributed by atoms with van der Waals surface area (Å²) in [5.41, 5.74) is 0.961. The van der Waals surface area contributed by atoms with Crippen molar-refractivity contribution in [1.29, 1.82) is 0 Å². The van der Waals surface area contributed by atoms with Crippen molar-refractivity contribution in [2.45, 2.75) is 32.0 Å². The van der Waals surface area contributed by atoms with Crippen molar-refractivity contribution in [3.05, 3.63) is 76.1 Å². The highest BCUT2D eigenvalue weighted by Gasteiger charge is 2.30. The summed E-state index contributed by atoms with van der Waals surface area (Å²) in [5, 5.41) is 11.6. The van der Waals surface area contributed by atoms with E-state index in [4.69, 9.17) is 4.74 Å². The summed E-state index contributed by atoms with van der Waals surface area (Å²) in [6.07, 6.45) is 0.0556. The van der Waals surface area contributed by atoms with Crippen LogP contribution in [0.1, 0.15) is 30.4 Å². The molecule has 0 unspecified atom stereocenters. The second kappa shape index (κ2) is 9.43. The van der Waals surface area contributed by atoms with Gasteiger partial charge in [0, 0.05) is 30.9 Å². The summed E-state index contributed by atoms with van der Waals surface area (Å²) in [5.74, 6) is 0.107. The van der Waals surface area contributed by atoms with Gasteiger partial charge in [0.15, 0.2) is 0 Å². The zero-order valence-corrected chi connectivity index (χ0v) is 17.6. The molecule has 0 N–H and O–H groups in total. The first-order valence-electron chi connectivity index (χ1n) is 10.5. The number of aromatic nitrogens is 2. The average molecular weight is 458 g/mol. The van der Waals surface area contributed by atoms with Gasteiger partial charge in [-0.2, -0.15) is 13.2 Å². The normalized spacial score (nSPS) is 14.2. The predicted molar refractivity (Wildman–Crippen MR) is 116 cm³/mol. The molecule has 7 nitrogen and oxygen atoms in total. The van der Waals surface area contributed by atoms with Crippen molar-refractivity contribution in [1.82, 2.24) is 9.97 Å². The molecule has 0 radical (unpaired) electrons. The van der Waals surface area contributed by atoms with E-state index in [1.165, 1.54) is 30.6 Å². The largest absolute Gasteiger partial charge is 0.473 e. The number of nitrogens with zero attached hydrogens (tertiary/aromatic N) is 4. The lowest BCUT2D eigenvalue weighted by molar-refractivity contribution is -0.384. The molecule has 1 aromatic heterocycles. The number of anilines is 1. The van der Waals surface area contributed by atoms with Gasteiger partial charge in [-0.15, -0.1) is 0 Å². The molecular formula is C23H21F3N4O3. The highest BCUT2D eigenvalue weighted by Crippen LogP contribution is 2.34. The Morgan fingerprint density at radius 3 is 2.55 bits per heavy atom. The molecule has 0 aliphatic carbocycles. The summed E-state index contributed by atoms with van der Waals surface area (Å²) in [7, 11) is 0.